The SMILES string of the molecule is CCS(=O)(=O)N1CCN(c2cnc(N)c(-c3cn(-c4ccc(N)cc4)nn3)n2)CC1.[HH].[HH]. The van der Waals surface area contributed by atoms with Crippen LogP contribution in [0.1, 0.15) is 9.78 Å². The van der Waals surface area contributed by atoms with Crippen LogP contribution in [0.15, 0.2) is 36.7 Å². The lowest BCUT2D eigenvalue weighted by Crippen LogP contribution is -2.49. The highest BCUT2D eigenvalue weighted by atomic mass is 32.2. The number of rotatable bonds is 5. The van der Waals surface area contributed by atoms with E-state index in [9.17, 15) is 8.42 Å². The highest BCUT2D eigenvalue weighted by Crippen LogP contribution is 2.24. The van der Waals surface area contributed by atoms with Crippen molar-refractivity contribution in [3.63, 3.8) is 0 Å². The predicted molar refractivity (Wildman–Crippen MR) is 119 cm³/mol. The molecule has 30 heavy (non-hydrogen) atoms. The number of nitrogens with zero attached hydrogens (tertiary/aromatic N) is 7. The third-order valence-electron chi connectivity index (χ3n) is 5.00. The molecule has 1 aromatic carbocycles. The molecule has 1 aliphatic rings. The number of nitrogens with two attached hydrogens (primary N) is 2. The summed E-state index contributed by atoms with van der Waals surface area (Å²) in [5.41, 5.74) is 14.2. The van der Waals surface area contributed by atoms with Crippen molar-refractivity contribution in [2.45, 2.75) is 6.92 Å². The summed E-state index contributed by atoms with van der Waals surface area (Å²) in [5, 5.41) is 8.32. The van der Waals surface area contributed by atoms with E-state index in [0.29, 0.717) is 49.1 Å². The second kappa shape index (κ2) is 7.88. The zero-order valence-electron chi connectivity index (χ0n) is 16.5. The maximum absolute atomic E-state index is 12.1. The molecule has 3 heterocycles. The highest BCUT2D eigenvalue weighted by Gasteiger charge is 2.26. The van der Waals surface area contributed by atoms with E-state index in [4.69, 9.17) is 11.5 Å². The van der Waals surface area contributed by atoms with Gasteiger partial charge in [-0.25, -0.2) is 23.1 Å². The smallest absolute Gasteiger partial charge is 0.213 e. The number of benzene rings is 1. The number of piperazine rings is 1. The molecule has 0 unspecified atom stereocenters. The number of hydrogen-bond donors (Lipinski definition) is 2. The predicted octanol–water partition coefficient (Wildman–Crippen LogP) is 0.852. The molecule has 0 amide bonds. The fourth-order valence-electron chi connectivity index (χ4n) is 3.23. The van der Waals surface area contributed by atoms with Crippen LogP contribution in [-0.2, 0) is 10.0 Å². The van der Waals surface area contributed by atoms with Crippen molar-refractivity contribution in [2.75, 3.05) is 48.3 Å². The van der Waals surface area contributed by atoms with Gasteiger partial charge in [0.1, 0.15) is 17.2 Å². The molecule has 1 saturated heterocycles. The van der Waals surface area contributed by atoms with Gasteiger partial charge in [0.15, 0.2) is 5.82 Å². The van der Waals surface area contributed by atoms with Gasteiger partial charge in [-0.15, -0.1) is 5.10 Å². The van der Waals surface area contributed by atoms with Crippen molar-refractivity contribution in [1.82, 2.24) is 29.3 Å². The molecule has 0 bridgehead atoms. The molecule has 4 rings (SSSR count). The lowest BCUT2D eigenvalue weighted by Gasteiger charge is -2.34. The van der Waals surface area contributed by atoms with Crippen molar-refractivity contribution >= 4 is 27.3 Å². The standard InChI is InChI=1S/C18H23N9O2S.2H2/c1-2-30(28,29)26-9-7-25(8-10-26)16-11-21-18(20)17(22-16)15-12-27(24-23-15)14-5-3-13(19)4-6-14;;/h3-6,11-12H,2,7-10,19H2,1H3,(H2,20,21);2*1H. The fraction of sp³-hybridized carbons (Fsp3) is 0.333. The minimum Gasteiger partial charge on any atom is -0.399 e. The third kappa shape index (κ3) is 3.91. The monoisotopic (exact) mass is 433 g/mol. The minimum absolute atomic E-state index is 0. The largest absolute Gasteiger partial charge is 0.399 e. The Balaban J connectivity index is 0.00000181. The molecule has 0 saturated carbocycles. The summed E-state index contributed by atoms with van der Waals surface area (Å²) < 4.78 is 27.2. The Morgan fingerprint density at radius 1 is 1.10 bits per heavy atom. The van der Waals surface area contributed by atoms with Crippen LogP contribution in [0, 0.1) is 0 Å². The average Bonchev–Trinajstić information content (AvgIpc) is 3.25. The summed E-state index contributed by atoms with van der Waals surface area (Å²) in [6.07, 6.45) is 3.31. The normalized spacial score (nSPS) is 15.4. The number of nitrogen functional groups attached to an aromatic ring is 2. The molecule has 162 valence electrons. The van der Waals surface area contributed by atoms with E-state index in [1.807, 2.05) is 17.0 Å². The summed E-state index contributed by atoms with van der Waals surface area (Å²) >= 11 is 0. The Labute approximate surface area is 177 Å². The van der Waals surface area contributed by atoms with Crippen LogP contribution in [0.2, 0.25) is 0 Å². The summed E-state index contributed by atoms with van der Waals surface area (Å²) in [6.45, 7) is 3.51. The van der Waals surface area contributed by atoms with Crippen LogP contribution in [-0.4, -0.2) is 69.6 Å². The molecule has 0 radical (unpaired) electrons. The van der Waals surface area contributed by atoms with E-state index in [0.717, 1.165) is 5.69 Å². The van der Waals surface area contributed by atoms with Crippen LogP contribution in [0.5, 0.6) is 0 Å². The minimum atomic E-state index is -3.19. The first-order valence-electron chi connectivity index (χ1n) is 9.51. The summed E-state index contributed by atoms with van der Waals surface area (Å²) in [6, 6.07) is 7.24. The third-order valence-corrected chi connectivity index (χ3v) is 6.88. The van der Waals surface area contributed by atoms with Gasteiger partial charge in [-0.05, 0) is 31.2 Å². The van der Waals surface area contributed by atoms with Crippen molar-refractivity contribution in [3.05, 3.63) is 36.7 Å². The number of sulfonamides is 1. The van der Waals surface area contributed by atoms with E-state index in [-0.39, 0.29) is 14.4 Å². The van der Waals surface area contributed by atoms with E-state index in [1.54, 1.807) is 36.1 Å². The lowest BCUT2D eigenvalue weighted by atomic mass is 10.3. The Morgan fingerprint density at radius 2 is 1.80 bits per heavy atom. The van der Waals surface area contributed by atoms with Gasteiger partial charge in [0.25, 0.3) is 0 Å². The average molecular weight is 434 g/mol. The van der Waals surface area contributed by atoms with Crippen molar-refractivity contribution < 1.29 is 11.3 Å². The van der Waals surface area contributed by atoms with Gasteiger partial charge in [0.2, 0.25) is 10.0 Å². The highest BCUT2D eigenvalue weighted by molar-refractivity contribution is 7.89. The first-order valence-corrected chi connectivity index (χ1v) is 11.1. The summed E-state index contributed by atoms with van der Waals surface area (Å²) in [7, 11) is -3.19. The maximum Gasteiger partial charge on any atom is 0.213 e. The second-order valence-corrected chi connectivity index (χ2v) is 9.15. The Kier molecular flexibility index (Phi) is 5.26. The molecular formula is C18H27N9O2S. The zero-order chi connectivity index (χ0) is 21.3. The molecule has 11 nitrogen and oxygen atoms in total. The quantitative estimate of drug-likeness (QED) is 0.558. The molecule has 1 aliphatic heterocycles. The van der Waals surface area contributed by atoms with E-state index in [1.165, 1.54) is 4.31 Å². The van der Waals surface area contributed by atoms with Gasteiger partial charge in [-0.3, -0.25) is 0 Å². The Bertz CT molecular complexity index is 1150. The molecular weight excluding hydrogens is 406 g/mol. The van der Waals surface area contributed by atoms with Crippen LogP contribution < -0.4 is 16.4 Å². The Morgan fingerprint density at radius 3 is 2.47 bits per heavy atom. The van der Waals surface area contributed by atoms with Gasteiger partial charge in [-0.1, -0.05) is 5.21 Å². The lowest BCUT2D eigenvalue weighted by molar-refractivity contribution is 0.384. The molecule has 0 spiro atoms. The van der Waals surface area contributed by atoms with Crippen LogP contribution >= 0.6 is 0 Å². The molecule has 0 aliphatic carbocycles. The fourth-order valence-corrected chi connectivity index (χ4v) is 4.32. The maximum atomic E-state index is 12.1. The van der Waals surface area contributed by atoms with Crippen LogP contribution in [0.4, 0.5) is 17.3 Å². The van der Waals surface area contributed by atoms with Gasteiger partial charge < -0.3 is 16.4 Å². The molecule has 12 heteroatoms. The number of hydrogen-bond acceptors (Lipinski definition) is 9. The first kappa shape index (κ1) is 20.0. The van der Waals surface area contributed by atoms with Crippen molar-refractivity contribution in [1.29, 1.82) is 0 Å². The first-order chi connectivity index (χ1) is 14.4. The van der Waals surface area contributed by atoms with Gasteiger partial charge in [0.05, 0.1) is 23.8 Å². The van der Waals surface area contributed by atoms with Crippen LogP contribution in [0.3, 0.4) is 0 Å². The van der Waals surface area contributed by atoms with Gasteiger partial charge in [-0.2, -0.15) is 4.31 Å². The number of anilines is 3. The van der Waals surface area contributed by atoms with Crippen molar-refractivity contribution in [3.8, 4) is 17.1 Å². The topological polar surface area (TPSA) is 149 Å². The van der Waals surface area contributed by atoms with Crippen LogP contribution in [0.25, 0.3) is 17.1 Å². The molecule has 1 fully saturated rings. The number of aromatic nitrogens is 5. The molecule has 0 atom stereocenters. The zero-order valence-corrected chi connectivity index (χ0v) is 17.3. The van der Waals surface area contributed by atoms with E-state index in [2.05, 4.69) is 20.3 Å². The molecule has 3 aromatic rings. The van der Waals surface area contributed by atoms with Gasteiger partial charge >= 0.3 is 0 Å². The van der Waals surface area contributed by atoms with E-state index >= 15 is 0 Å². The summed E-state index contributed by atoms with van der Waals surface area (Å²) in [5.74, 6) is 0.966. The molecule has 4 N–H and O–H groups in total. The second-order valence-electron chi connectivity index (χ2n) is 6.89. The summed E-state index contributed by atoms with van der Waals surface area (Å²) in [4.78, 5) is 10.9. The van der Waals surface area contributed by atoms with Crippen molar-refractivity contribution in [2.24, 2.45) is 0 Å². The van der Waals surface area contributed by atoms with E-state index < -0.39 is 10.0 Å². The Hall–Kier alpha value is -3.25. The van der Waals surface area contributed by atoms with Gasteiger partial charge in [0, 0.05) is 34.7 Å². The molecule has 2 aromatic heterocycles.